The summed E-state index contributed by atoms with van der Waals surface area (Å²) in [5, 5.41) is 10.5. The zero-order chi connectivity index (χ0) is 22.2. The molecule has 0 saturated carbocycles. The van der Waals surface area contributed by atoms with Crippen LogP contribution in [-0.4, -0.2) is 49.6 Å². The number of sulfonamides is 1. The van der Waals surface area contributed by atoms with Crippen LogP contribution in [-0.2, 0) is 14.8 Å². The van der Waals surface area contributed by atoms with Crippen molar-refractivity contribution in [3.8, 4) is 0 Å². The fraction of sp³-hybridized carbons (Fsp3) is 0.300. The minimum atomic E-state index is -4.05. The van der Waals surface area contributed by atoms with Gasteiger partial charge in [0.15, 0.2) is 5.03 Å². The van der Waals surface area contributed by atoms with Crippen LogP contribution in [0.3, 0.4) is 0 Å². The van der Waals surface area contributed by atoms with Crippen LogP contribution in [0.15, 0.2) is 47.1 Å². The fourth-order valence-corrected chi connectivity index (χ4v) is 4.27. The van der Waals surface area contributed by atoms with Crippen LogP contribution in [0.4, 0.5) is 20.2 Å². The molecule has 0 radical (unpaired) electrons. The third kappa shape index (κ3) is 4.73. The summed E-state index contributed by atoms with van der Waals surface area (Å²) >= 11 is 0. The van der Waals surface area contributed by atoms with E-state index in [0.29, 0.717) is 30.6 Å². The lowest BCUT2D eigenvalue weighted by Gasteiger charge is -2.39. The largest absolute Gasteiger partial charge is 0.365 e. The quantitative estimate of drug-likeness (QED) is 0.658. The molecule has 1 aromatic heterocycles. The summed E-state index contributed by atoms with van der Waals surface area (Å²) in [7, 11) is -4.05. The number of primary sulfonamides is 1. The van der Waals surface area contributed by atoms with Gasteiger partial charge in [0.05, 0.1) is 5.57 Å². The molecule has 0 aliphatic carbocycles. The maximum absolute atomic E-state index is 14.1. The number of fused-ring (bicyclic) bond motifs is 1. The molecule has 4 rings (SSSR count). The van der Waals surface area contributed by atoms with Crippen LogP contribution in [0.1, 0.15) is 18.4 Å². The first kappa shape index (κ1) is 21.3. The number of hydrogen-bond acceptors (Lipinski definition) is 6. The van der Waals surface area contributed by atoms with E-state index in [1.165, 1.54) is 24.4 Å². The predicted octanol–water partition coefficient (Wildman–Crippen LogP) is 2.08. The number of hydrogen-bond donors (Lipinski definition) is 3. The molecule has 2 unspecified atom stereocenters. The second-order valence-electron chi connectivity index (χ2n) is 7.49. The molecule has 0 spiro atoms. The first-order chi connectivity index (χ1) is 14.7. The molecule has 1 saturated heterocycles. The standard InChI is InChI=1S/C20H21F2N5O3S/c21-13-3-4-17-12(8-13)9-16(19(26-17)27-7-1-2-14(22)11-27)20(28)25-15-5-6-24-18(10-15)31(23,29)30/h3-6,8-10,14,19,26H,1-2,7,11H2,(H2,23,29,30)(H,24,25,28). The van der Waals surface area contributed by atoms with E-state index in [1.54, 1.807) is 12.1 Å². The topological polar surface area (TPSA) is 117 Å². The number of nitrogens with zero attached hydrogens (tertiary/aromatic N) is 2. The van der Waals surface area contributed by atoms with Gasteiger partial charge in [-0.05, 0) is 43.2 Å². The molecule has 1 aromatic carbocycles. The Labute approximate surface area is 178 Å². The number of benzene rings is 1. The lowest BCUT2D eigenvalue weighted by molar-refractivity contribution is -0.113. The van der Waals surface area contributed by atoms with Crippen LogP contribution in [0.2, 0.25) is 0 Å². The molecule has 11 heteroatoms. The molecular weight excluding hydrogens is 428 g/mol. The number of nitrogens with one attached hydrogen (secondary N) is 2. The average Bonchev–Trinajstić information content (AvgIpc) is 2.72. The van der Waals surface area contributed by atoms with Crippen molar-refractivity contribution in [2.45, 2.75) is 30.2 Å². The Morgan fingerprint density at radius 2 is 2.10 bits per heavy atom. The molecule has 3 heterocycles. The monoisotopic (exact) mass is 449 g/mol. The van der Waals surface area contributed by atoms with Crippen molar-refractivity contribution in [3.63, 3.8) is 0 Å². The Bertz CT molecular complexity index is 1160. The second-order valence-corrected chi connectivity index (χ2v) is 9.00. The molecule has 2 aliphatic heterocycles. The first-order valence-corrected chi connectivity index (χ1v) is 11.2. The maximum atomic E-state index is 14.1. The van der Waals surface area contributed by atoms with Gasteiger partial charge in [-0.15, -0.1) is 0 Å². The fourth-order valence-electron chi connectivity index (χ4n) is 3.77. The zero-order valence-corrected chi connectivity index (χ0v) is 17.2. The van der Waals surface area contributed by atoms with Crippen LogP contribution < -0.4 is 15.8 Å². The van der Waals surface area contributed by atoms with Crippen LogP contribution in [0.25, 0.3) is 6.08 Å². The van der Waals surface area contributed by atoms with Gasteiger partial charge < -0.3 is 10.6 Å². The highest BCUT2D eigenvalue weighted by atomic mass is 32.2. The number of amides is 1. The molecule has 4 N–H and O–H groups in total. The van der Waals surface area contributed by atoms with Crippen LogP contribution >= 0.6 is 0 Å². The van der Waals surface area contributed by atoms with Crippen molar-refractivity contribution in [2.75, 3.05) is 23.7 Å². The molecule has 2 aliphatic rings. The van der Waals surface area contributed by atoms with E-state index in [4.69, 9.17) is 5.14 Å². The summed E-state index contributed by atoms with van der Waals surface area (Å²) < 4.78 is 50.9. The van der Waals surface area contributed by atoms with Crippen LogP contribution in [0.5, 0.6) is 0 Å². The van der Waals surface area contributed by atoms with Crippen molar-refractivity contribution in [1.82, 2.24) is 9.88 Å². The number of nitrogens with two attached hydrogens (primary N) is 1. The van der Waals surface area contributed by atoms with E-state index in [0.717, 1.165) is 6.07 Å². The average molecular weight is 449 g/mol. The normalized spacial score (nSPS) is 21.6. The Morgan fingerprint density at radius 3 is 2.84 bits per heavy atom. The molecule has 31 heavy (non-hydrogen) atoms. The van der Waals surface area contributed by atoms with E-state index < -0.39 is 34.1 Å². The highest BCUT2D eigenvalue weighted by molar-refractivity contribution is 7.89. The van der Waals surface area contributed by atoms with E-state index in [1.807, 2.05) is 4.90 Å². The van der Waals surface area contributed by atoms with Gasteiger partial charge in [-0.25, -0.2) is 27.3 Å². The van der Waals surface area contributed by atoms with Gasteiger partial charge in [0.1, 0.15) is 18.2 Å². The van der Waals surface area contributed by atoms with Gasteiger partial charge in [-0.3, -0.25) is 9.69 Å². The third-order valence-corrected chi connectivity index (χ3v) is 6.02. The van der Waals surface area contributed by atoms with Gasteiger partial charge in [0, 0.05) is 42.3 Å². The van der Waals surface area contributed by atoms with Crippen molar-refractivity contribution >= 4 is 33.4 Å². The Kier molecular flexibility index (Phi) is 5.73. The number of halogens is 2. The number of alkyl halides is 1. The summed E-state index contributed by atoms with van der Waals surface area (Å²) in [6, 6.07) is 6.74. The highest BCUT2D eigenvalue weighted by Gasteiger charge is 2.34. The van der Waals surface area contributed by atoms with E-state index in [9.17, 15) is 22.0 Å². The van der Waals surface area contributed by atoms with E-state index in [2.05, 4.69) is 15.6 Å². The molecule has 1 amide bonds. The molecule has 2 atom stereocenters. The third-order valence-electron chi connectivity index (χ3n) is 5.22. The van der Waals surface area contributed by atoms with Crippen molar-refractivity contribution in [2.24, 2.45) is 5.14 Å². The SMILES string of the molecule is NS(=O)(=O)c1cc(NC(=O)C2=Cc3cc(F)ccc3NC2N2CCCC(F)C2)ccn1. The van der Waals surface area contributed by atoms with Crippen molar-refractivity contribution in [3.05, 3.63) is 53.5 Å². The minimum Gasteiger partial charge on any atom is -0.365 e. The van der Waals surface area contributed by atoms with Gasteiger partial charge in [-0.1, -0.05) is 0 Å². The molecule has 1 fully saturated rings. The lowest BCUT2D eigenvalue weighted by atomic mass is 9.98. The lowest BCUT2D eigenvalue weighted by Crippen LogP contribution is -2.50. The number of likely N-dealkylation sites (tertiary alicyclic amines) is 1. The number of rotatable bonds is 4. The Hall–Kier alpha value is -2.89. The number of piperidine rings is 1. The van der Waals surface area contributed by atoms with Gasteiger partial charge in [0.25, 0.3) is 15.9 Å². The summed E-state index contributed by atoms with van der Waals surface area (Å²) in [6.07, 6.45) is 2.24. The Morgan fingerprint density at radius 1 is 1.29 bits per heavy atom. The van der Waals surface area contributed by atoms with Gasteiger partial charge >= 0.3 is 0 Å². The number of carbonyl (C=O) groups is 1. The molecule has 164 valence electrons. The highest BCUT2D eigenvalue weighted by Crippen LogP contribution is 2.31. The Balaban J connectivity index is 1.67. The summed E-state index contributed by atoms with van der Waals surface area (Å²) in [6.45, 7) is 0.744. The zero-order valence-electron chi connectivity index (χ0n) is 16.4. The van der Waals surface area contributed by atoms with Crippen LogP contribution in [0, 0.1) is 5.82 Å². The van der Waals surface area contributed by atoms with E-state index >= 15 is 0 Å². The molecule has 0 bridgehead atoms. The van der Waals surface area contributed by atoms with Crippen molar-refractivity contribution in [1.29, 1.82) is 0 Å². The second kappa shape index (κ2) is 8.33. The number of pyridine rings is 1. The number of carbonyl (C=O) groups excluding carboxylic acids is 1. The first-order valence-electron chi connectivity index (χ1n) is 9.67. The maximum Gasteiger partial charge on any atom is 0.255 e. The molecule has 2 aromatic rings. The van der Waals surface area contributed by atoms with Gasteiger partial charge in [0.2, 0.25) is 0 Å². The smallest absolute Gasteiger partial charge is 0.255 e. The minimum absolute atomic E-state index is 0.156. The van der Waals surface area contributed by atoms with Gasteiger partial charge in [-0.2, -0.15) is 0 Å². The molecule has 8 nitrogen and oxygen atoms in total. The summed E-state index contributed by atoms with van der Waals surface area (Å²) in [5.41, 5.74) is 1.54. The molecular formula is C20H21F2N5O3S. The summed E-state index contributed by atoms with van der Waals surface area (Å²) in [4.78, 5) is 18.6. The number of aromatic nitrogens is 1. The summed E-state index contributed by atoms with van der Waals surface area (Å²) in [5.74, 6) is -0.997. The number of anilines is 2. The van der Waals surface area contributed by atoms with Crippen molar-refractivity contribution < 1.29 is 22.0 Å². The van der Waals surface area contributed by atoms with E-state index in [-0.39, 0.29) is 22.8 Å². The predicted molar refractivity (Wildman–Crippen MR) is 112 cm³/mol.